The highest BCUT2D eigenvalue weighted by molar-refractivity contribution is 5.85. The summed E-state index contributed by atoms with van der Waals surface area (Å²) >= 11 is 0. The number of carboxylic acid groups (broad SMARTS) is 1. The SMILES string of the molecule is CC1(C(=O)O)CCCCN1c1ccccc1[N+](=O)[O-]. The topological polar surface area (TPSA) is 83.7 Å². The van der Waals surface area contributed by atoms with Crippen LogP contribution in [0.1, 0.15) is 26.2 Å². The van der Waals surface area contributed by atoms with Gasteiger partial charge in [-0.1, -0.05) is 12.1 Å². The highest BCUT2D eigenvalue weighted by atomic mass is 16.6. The van der Waals surface area contributed by atoms with Gasteiger partial charge in [0.2, 0.25) is 0 Å². The molecule has 102 valence electrons. The molecule has 0 radical (unpaired) electrons. The standard InChI is InChI=1S/C13H16N2O4/c1-13(12(16)17)8-4-5-9-14(13)10-6-2-3-7-11(10)15(18)19/h2-3,6-7H,4-5,8-9H2,1H3,(H,16,17). The van der Waals surface area contributed by atoms with Crippen LogP contribution in [-0.2, 0) is 4.79 Å². The zero-order valence-electron chi connectivity index (χ0n) is 10.7. The Hall–Kier alpha value is -2.11. The summed E-state index contributed by atoms with van der Waals surface area (Å²) in [6, 6.07) is 6.31. The van der Waals surface area contributed by atoms with Gasteiger partial charge >= 0.3 is 5.97 Å². The molecule has 0 spiro atoms. The lowest BCUT2D eigenvalue weighted by atomic mass is 9.87. The average Bonchev–Trinajstić information content (AvgIpc) is 2.39. The number of hydrogen-bond acceptors (Lipinski definition) is 4. The number of rotatable bonds is 3. The number of hydrogen-bond donors (Lipinski definition) is 1. The van der Waals surface area contributed by atoms with Gasteiger partial charge in [-0.2, -0.15) is 0 Å². The van der Waals surface area contributed by atoms with Gasteiger partial charge in [0.1, 0.15) is 11.2 Å². The van der Waals surface area contributed by atoms with E-state index in [1.54, 1.807) is 30.0 Å². The molecule has 1 N–H and O–H groups in total. The molecule has 1 saturated heterocycles. The molecule has 1 heterocycles. The third kappa shape index (κ3) is 2.25. The Balaban J connectivity index is 2.49. The summed E-state index contributed by atoms with van der Waals surface area (Å²) in [4.78, 5) is 23.8. The summed E-state index contributed by atoms with van der Waals surface area (Å²) in [7, 11) is 0. The lowest BCUT2D eigenvalue weighted by molar-refractivity contribution is -0.384. The van der Waals surface area contributed by atoms with Crippen molar-refractivity contribution in [1.29, 1.82) is 0 Å². The second kappa shape index (κ2) is 4.87. The fourth-order valence-corrected chi connectivity index (χ4v) is 2.58. The first kappa shape index (κ1) is 13.3. The van der Waals surface area contributed by atoms with E-state index in [4.69, 9.17) is 0 Å². The van der Waals surface area contributed by atoms with Crippen LogP contribution in [-0.4, -0.2) is 28.1 Å². The molecule has 1 unspecified atom stereocenters. The van der Waals surface area contributed by atoms with Crippen LogP contribution in [0.15, 0.2) is 24.3 Å². The van der Waals surface area contributed by atoms with Gasteiger partial charge in [0.15, 0.2) is 0 Å². The molecule has 1 aromatic carbocycles. The maximum absolute atomic E-state index is 11.5. The van der Waals surface area contributed by atoms with E-state index >= 15 is 0 Å². The van der Waals surface area contributed by atoms with Crippen molar-refractivity contribution in [3.05, 3.63) is 34.4 Å². The molecular weight excluding hydrogens is 248 g/mol. The van der Waals surface area contributed by atoms with Gasteiger partial charge in [-0.3, -0.25) is 10.1 Å². The normalized spacial score (nSPS) is 23.1. The van der Waals surface area contributed by atoms with E-state index in [0.29, 0.717) is 18.7 Å². The summed E-state index contributed by atoms with van der Waals surface area (Å²) < 4.78 is 0. The Morgan fingerprint density at radius 1 is 1.42 bits per heavy atom. The number of aliphatic carboxylic acids is 1. The molecule has 1 atom stereocenters. The van der Waals surface area contributed by atoms with Crippen LogP contribution in [0.3, 0.4) is 0 Å². The van der Waals surface area contributed by atoms with Crippen LogP contribution in [0, 0.1) is 10.1 Å². The van der Waals surface area contributed by atoms with Crippen LogP contribution in [0.25, 0.3) is 0 Å². The molecule has 6 nitrogen and oxygen atoms in total. The predicted molar refractivity (Wildman–Crippen MR) is 70.3 cm³/mol. The molecule has 0 saturated carbocycles. The molecule has 0 amide bonds. The van der Waals surface area contributed by atoms with Gasteiger partial charge in [-0.15, -0.1) is 0 Å². The monoisotopic (exact) mass is 264 g/mol. The Morgan fingerprint density at radius 3 is 2.74 bits per heavy atom. The number of nitrogens with zero attached hydrogens (tertiary/aromatic N) is 2. The predicted octanol–water partition coefficient (Wildman–Crippen LogP) is 2.43. The zero-order chi connectivity index (χ0) is 14.0. The summed E-state index contributed by atoms with van der Waals surface area (Å²) in [6.45, 7) is 2.15. The van der Waals surface area contributed by atoms with Gasteiger partial charge in [0, 0.05) is 12.6 Å². The first-order chi connectivity index (χ1) is 8.97. The second-order valence-corrected chi connectivity index (χ2v) is 4.93. The van der Waals surface area contributed by atoms with Crippen molar-refractivity contribution >= 4 is 17.3 Å². The van der Waals surface area contributed by atoms with Crippen LogP contribution in [0.4, 0.5) is 11.4 Å². The maximum Gasteiger partial charge on any atom is 0.329 e. The third-order valence-electron chi connectivity index (χ3n) is 3.72. The number of nitro groups is 1. The molecule has 19 heavy (non-hydrogen) atoms. The van der Waals surface area contributed by atoms with Crippen molar-refractivity contribution in [2.75, 3.05) is 11.4 Å². The van der Waals surface area contributed by atoms with Crippen LogP contribution in [0.5, 0.6) is 0 Å². The van der Waals surface area contributed by atoms with Crippen molar-refractivity contribution in [2.24, 2.45) is 0 Å². The van der Waals surface area contributed by atoms with Crippen molar-refractivity contribution in [2.45, 2.75) is 31.7 Å². The number of anilines is 1. The Bertz CT molecular complexity index is 517. The fraction of sp³-hybridized carbons (Fsp3) is 0.462. The van der Waals surface area contributed by atoms with E-state index in [-0.39, 0.29) is 5.69 Å². The van der Waals surface area contributed by atoms with Gasteiger partial charge in [0.25, 0.3) is 5.69 Å². The van der Waals surface area contributed by atoms with E-state index in [1.807, 2.05) is 0 Å². The van der Waals surface area contributed by atoms with Crippen molar-refractivity contribution in [1.82, 2.24) is 0 Å². The van der Waals surface area contributed by atoms with Gasteiger partial charge < -0.3 is 10.0 Å². The van der Waals surface area contributed by atoms with E-state index in [1.165, 1.54) is 6.07 Å². The molecule has 1 aromatic rings. The van der Waals surface area contributed by atoms with E-state index in [0.717, 1.165) is 12.8 Å². The number of nitro benzene ring substituents is 1. The lowest BCUT2D eigenvalue weighted by Crippen LogP contribution is -2.55. The maximum atomic E-state index is 11.5. The van der Waals surface area contributed by atoms with Gasteiger partial charge in [0.05, 0.1) is 4.92 Å². The molecule has 1 aliphatic rings. The molecule has 0 aliphatic carbocycles. The van der Waals surface area contributed by atoms with Gasteiger partial charge in [-0.05, 0) is 32.3 Å². The first-order valence-corrected chi connectivity index (χ1v) is 6.21. The minimum atomic E-state index is -1.08. The third-order valence-corrected chi connectivity index (χ3v) is 3.72. The van der Waals surface area contributed by atoms with E-state index < -0.39 is 16.4 Å². The van der Waals surface area contributed by atoms with Crippen LogP contribution < -0.4 is 4.90 Å². The number of piperidine rings is 1. The summed E-state index contributed by atoms with van der Waals surface area (Å²) in [5.41, 5.74) is -0.737. The zero-order valence-corrected chi connectivity index (χ0v) is 10.7. The summed E-state index contributed by atoms with van der Waals surface area (Å²) in [5.74, 6) is -0.939. The van der Waals surface area contributed by atoms with Crippen molar-refractivity contribution < 1.29 is 14.8 Å². The molecule has 0 aromatic heterocycles. The molecule has 2 rings (SSSR count). The fourth-order valence-electron chi connectivity index (χ4n) is 2.58. The summed E-state index contributed by atoms with van der Waals surface area (Å²) in [5, 5.41) is 20.5. The van der Waals surface area contributed by atoms with Crippen molar-refractivity contribution in [3.8, 4) is 0 Å². The highest BCUT2D eigenvalue weighted by Gasteiger charge is 2.43. The first-order valence-electron chi connectivity index (χ1n) is 6.21. The van der Waals surface area contributed by atoms with Gasteiger partial charge in [-0.25, -0.2) is 4.79 Å². The second-order valence-electron chi connectivity index (χ2n) is 4.93. The quantitative estimate of drug-likeness (QED) is 0.669. The summed E-state index contributed by atoms with van der Waals surface area (Å²) in [6.07, 6.45) is 2.16. The Morgan fingerprint density at radius 2 is 2.11 bits per heavy atom. The number of carbonyl (C=O) groups is 1. The van der Waals surface area contributed by atoms with Crippen molar-refractivity contribution in [3.63, 3.8) is 0 Å². The van der Waals surface area contributed by atoms with Crippen LogP contribution in [0.2, 0.25) is 0 Å². The Kier molecular flexibility index (Phi) is 3.42. The molecule has 1 fully saturated rings. The molecule has 1 aliphatic heterocycles. The molecular formula is C13H16N2O4. The molecule has 6 heteroatoms. The largest absolute Gasteiger partial charge is 0.480 e. The minimum Gasteiger partial charge on any atom is -0.480 e. The van der Waals surface area contributed by atoms with Crippen LogP contribution >= 0.6 is 0 Å². The minimum absolute atomic E-state index is 0.0446. The average molecular weight is 264 g/mol. The molecule has 0 bridgehead atoms. The smallest absolute Gasteiger partial charge is 0.329 e. The van der Waals surface area contributed by atoms with E-state index in [9.17, 15) is 20.0 Å². The number of benzene rings is 1. The van der Waals surface area contributed by atoms with E-state index in [2.05, 4.69) is 0 Å². The number of carboxylic acids is 1. The number of para-hydroxylation sites is 2. The highest BCUT2D eigenvalue weighted by Crippen LogP contribution is 2.37. The Labute approximate surface area is 110 Å². The lowest BCUT2D eigenvalue weighted by Gasteiger charge is -2.42.